The van der Waals surface area contributed by atoms with Gasteiger partial charge in [-0.2, -0.15) is 5.26 Å². The van der Waals surface area contributed by atoms with Gasteiger partial charge in [0.2, 0.25) is 0 Å². The molecular formula is C25H31N5O4S. The largest absolute Gasteiger partial charge is 0.491 e. The molecular weight excluding hydrogens is 466 g/mol. The third-order valence-corrected chi connectivity index (χ3v) is 5.87. The number of nitrogens with zero attached hydrogens (tertiary/aromatic N) is 4. The first kappa shape index (κ1) is 28.0. The minimum Gasteiger partial charge on any atom is -0.491 e. The van der Waals surface area contributed by atoms with E-state index in [2.05, 4.69) is 44.9 Å². The Kier molecular flexibility index (Phi) is 11.4. The summed E-state index contributed by atoms with van der Waals surface area (Å²) in [5, 5.41) is 9.57. The van der Waals surface area contributed by atoms with Crippen molar-refractivity contribution in [2.24, 2.45) is 0 Å². The summed E-state index contributed by atoms with van der Waals surface area (Å²) in [6, 6.07) is 18.2. The van der Waals surface area contributed by atoms with Gasteiger partial charge in [-0.1, -0.05) is 24.1 Å². The van der Waals surface area contributed by atoms with Crippen molar-refractivity contribution in [2.75, 3.05) is 50.6 Å². The van der Waals surface area contributed by atoms with Gasteiger partial charge in [0, 0.05) is 43.5 Å². The van der Waals surface area contributed by atoms with E-state index in [0.29, 0.717) is 30.9 Å². The quantitative estimate of drug-likeness (QED) is 0.349. The molecule has 186 valence electrons. The normalized spacial score (nSPS) is 12.7. The lowest BCUT2D eigenvalue weighted by molar-refractivity contribution is 0.122. The molecule has 1 aromatic heterocycles. The Hall–Kier alpha value is -3.20. The minimum absolute atomic E-state index is 0. The van der Waals surface area contributed by atoms with Crippen molar-refractivity contribution in [2.45, 2.75) is 6.42 Å². The van der Waals surface area contributed by atoms with Crippen LogP contribution in [0, 0.1) is 11.3 Å². The van der Waals surface area contributed by atoms with E-state index in [1.165, 1.54) is 17.6 Å². The van der Waals surface area contributed by atoms with Crippen molar-refractivity contribution < 1.29 is 20.4 Å². The average molecular weight is 498 g/mol. The summed E-state index contributed by atoms with van der Waals surface area (Å²) in [7, 11) is 0. The van der Waals surface area contributed by atoms with Gasteiger partial charge >= 0.3 is 0 Å². The maximum atomic E-state index is 9.57. The highest BCUT2D eigenvalue weighted by Gasteiger charge is 2.12. The number of morpholine rings is 1. The van der Waals surface area contributed by atoms with Crippen molar-refractivity contribution in [3.63, 3.8) is 0 Å². The van der Waals surface area contributed by atoms with Crippen LogP contribution in [-0.2, 0) is 11.2 Å². The number of aromatic nitrogens is 2. The Labute approximate surface area is 209 Å². The fourth-order valence-electron chi connectivity index (χ4n) is 3.68. The van der Waals surface area contributed by atoms with Crippen molar-refractivity contribution in [1.82, 2.24) is 14.7 Å². The number of hydrogen-bond donors (Lipinski definition) is 1. The fraction of sp³-hybridized carbons (Fsp3) is 0.320. The maximum Gasteiger partial charge on any atom is 0.137 e. The molecule has 1 aliphatic rings. The van der Waals surface area contributed by atoms with Crippen LogP contribution in [0.15, 0.2) is 54.7 Å². The van der Waals surface area contributed by atoms with Crippen molar-refractivity contribution in [3.8, 4) is 23.1 Å². The van der Waals surface area contributed by atoms with Crippen molar-refractivity contribution in [1.29, 1.82) is 5.26 Å². The maximum absolute atomic E-state index is 9.57. The molecule has 1 saturated heterocycles. The molecule has 1 fully saturated rings. The summed E-state index contributed by atoms with van der Waals surface area (Å²) in [5.74, 6) is 1.33. The molecule has 0 radical (unpaired) electrons. The second-order valence-electron chi connectivity index (χ2n) is 7.57. The van der Waals surface area contributed by atoms with Crippen LogP contribution in [0.25, 0.3) is 11.3 Å². The Morgan fingerprint density at radius 3 is 2.60 bits per heavy atom. The lowest BCUT2D eigenvalue weighted by Gasteiger charge is -2.28. The van der Waals surface area contributed by atoms with Gasteiger partial charge in [-0.25, -0.2) is 9.97 Å². The second kappa shape index (κ2) is 14.3. The smallest absolute Gasteiger partial charge is 0.137 e. The molecule has 0 spiro atoms. The SMILES string of the molecule is CSNCCOc1ccc(-c2ccnc(Cc3ccc(N4CCOCC4)cc3)n2)cc1C#N.O.O. The van der Waals surface area contributed by atoms with E-state index < -0.39 is 0 Å². The van der Waals surface area contributed by atoms with Crippen molar-refractivity contribution >= 4 is 17.6 Å². The van der Waals surface area contributed by atoms with E-state index in [-0.39, 0.29) is 11.0 Å². The van der Waals surface area contributed by atoms with Gasteiger partial charge in [-0.05, 0) is 48.2 Å². The third kappa shape index (κ3) is 7.65. The number of rotatable bonds is 9. The third-order valence-electron chi connectivity index (χ3n) is 5.38. The number of nitriles is 1. The predicted octanol–water partition coefficient (Wildman–Crippen LogP) is 2.04. The molecule has 0 aliphatic carbocycles. The minimum atomic E-state index is 0. The van der Waals surface area contributed by atoms with E-state index in [9.17, 15) is 5.26 Å². The molecule has 35 heavy (non-hydrogen) atoms. The summed E-state index contributed by atoms with van der Waals surface area (Å²) >= 11 is 1.54. The Bertz CT molecular complexity index is 1100. The van der Waals surface area contributed by atoms with Gasteiger partial charge in [0.25, 0.3) is 0 Å². The summed E-state index contributed by atoms with van der Waals surface area (Å²) in [6.07, 6.45) is 4.38. The Morgan fingerprint density at radius 1 is 1.11 bits per heavy atom. The van der Waals surface area contributed by atoms with Crippen LogP contribution in [0.1, 0.15) is 17.0 Å². The second-order valence-corrected chi connectivity index (χ2v) is 8.27. The molecule has 2 heterocycles. The van der Waals surface area contributed by atoms with Crippen molar-refractivity contribution in [3.05, 3.63) is 71.7 Å². The number of nitrogens with one attached hydrogen (secondary N) is 1. The zero-order chi connectivity index (χ0) is 22.9. The van der Waals surface area contributed by atoms with Crippen LogP contribution in [-0.4, -0.2) is 66.6 Å². The standard InChI is InChI=1S/C25H27N5O2S.2H2O/c1-33-28-10-13-32-24-7-4-20(17-21(24)18-26)23-8-9-27-25(29-23)16-19-2-5-22(6-3-19)30-11-14-31-15-12-30;;/h2-9,17,28H,10-16H2,1H3;2*1H2. The zero-order valence-electron chi connectivity index (χ0n) is 19.7. The zero-order valence-corrected chi connectivity index (χ0v) is 20.5. The summed E-state index contributed by atoms with van der Waals surface area (Å²) in [6.45, 7) is 4.60. The van der Waals surface area contributed by atoms with Crippen LogP contribution in [0.2, 0.25) is 0 Å². The van der Waals surface area contributed by atoms with Gasteiger partial charge in [0.05, 0.1) is 24.5 Å². The predicted molar refractivity (Wildman–Crippen MR) is 139 cm³/mol. The van der Waals surface area contributed by atoms with E-state index in [1.54, 1.807) is 6.20 Å². The first-order chi connectivity index (χ1) is 16.3. The molecule has 2 aromatic carbocycles. The number of anilines is 1. The van der Waals surface area contributed by atoms with Crippen LogP contribution in [0.4, 0.5) is 5.69 Å². The first-order valence-electron chi connectivity index (χ1n) is 10.9. The number of benzene rings is 2. The molecule has 10 heteroatoms. The van der Waals surface area contributed by atoms with Gasteiger partial charge < -0.3 is 25.3 Å². The molecule has 4 rings (SSSR count). The summed E-state index contributed by atoms with van der Waals surface area (Å²) < 4.78 is 14.3. The highest BCUT2D eigenvalue weighted by molar-refractivity contribution is 7.96. The topological polar surface area (TPSA) is 146 Å². The van der Waals surface area contributed by atoms with E-state index in [1.807, 2.05) is 30.5 Å². The molecule has 0 unspecified atom stereocenters. The average Bonchev–Trinajstić information content (AvgIpc) is 2.88. The fourth-order valence-corrected chi connectivity index (χ4v) is 3.97. The summed E-state index contributed by atoms with van der Waals surface area (Å²) in [5.41, 5.74) is 4.52. The molecule has 0 amide bonds. The molecule has 9 nitrogen and oxygen atoms in total. The molecule has 0 bridgehead atoms. The lowest BCUT2D eigenvalue weighted by Crippen LogP contribution is -2.36. The van der Waals surface area contributed by atoms with E-state index in [4.69, 9.17) is 14.5 Å². The van der Waals surface area contributed by atoms with Gasteiger partial charge in [0.1, 0.15) is 24.3 Å². The monoisotopic (exact) mass is 497 g/mol. The van der Waals surface area contributed by atoms with Gasteiger partial charge in [-0.15, -0.1) is 0 Å². The van der Waals surface area contributed by atoms with E-state index in [0.717, 1.165) is 48.9 Å². The number of ether oxygens (including phenoxy) is 2. The lowest BCUT2D eigenvalue weighted by atomic mass is 10.1. The van der Waals surface area contributed by atoms with Crippen LogP contribution >= 0.6 is 11.9 Å². The van der Waals surface area contributed by atoms with Crippen LogP contribution in [0.3, 0.4) is 0 Å². The van der Waals surface area contributed by atoms with Gasteiger partial charge in [0.15, 0.2) is 0 Å². The number of hydrogen-bond acceptors (Lipinski definition) is 8. The molecule has 5 N–H and O–H groups in total. The van der Waals surface area contributed by atoms with Crippen LogP contribution in [0.5, 0.6) is 5.75 Å². The van der Waals surface area contributed by atoms with E-state index >= 15 is 0 Å². The molecule has 0 saturated carbocycles. The molecule has 0 atom stereocenters. The van der Waals surface area contributed by atoms with Crippen LogP contribution < -0.4 is 14.4 Å². The highest BCUT2D eigenvalue weighted by Crippen LogP contribution is 2.26. The summed E-state index contributed by atoms with van der Waals surface area (Å²) in [4.78, 5) is 11.5. The molecule has 3 aromatic rings. The Balaban J connectivity index is 0.00000216. The highest BCUT2D eigenvalue weighted by atomic mass is 32.2. The molecule has 1 aliphatic heterocycles. The first-order valence-corrected chi connectivity index (χ1v) is 12.2. The van der Waals surface area contributed by atoms with Gasteiger partial charge in [-0.3, -0.25) is 4.72 Å². The Morgan fingerprint density at radius 2 is 1.89 bits per heavy atom.